The van der Waals surface area contributed by atoms with Crippen LogP contribution < -0.4 is 5.32 Å². The third-order valence-corrected chi connectivity index (χ3v) is 4.17. The molecule has 1 fully saturated rings. The SMILES string of the molecule is C[C@H](NCC1CCN(C)CC1)c1ccc(Cl)cc1. The topological polar surface area (TPSA) is 15.3 Å². The Kier molecular flexibility index (Phi) is 5.04. The molecule has 0 radical (unpaired) electrons. The molecule has 1 aromatic carbocycles. The van der Waals surface area contributed by atoms with Crippen molar-refractivity contribution in [3.05, 3.63) is 34.9 Å². The zero-order valence-corrected chi connectivity index (χ0v) is 12.1. The van der Waals surface area contributed by atoms with E-state index in [1.54, 1.807) is 0 Å². The van der Waals surface area contributed by atoms with Gasteiger partial charge in [0.2, 0.25) is 0 Å². The van der Waals surface area contributed by atoms with Crippen molar-refractivity contribution in [1.29, 1.82) is 0 Å². The van der Waals surface area contributed by atoms with Gasteiger partial charge in [-0.1, -0.05) is 23.7 Å². The molecule has 18 heavy (non-hydrogen) atoms. The molecule has 3 heteroatoms. The predicted octanol–water partition coefficient (Wildman–Crippen LogP) is 3.33. The summed E-state index contributed by atoms with van der Waals surface area (Å²) < 4.78 is 0. The average molecular weight is 267 g/mol. The third-order valence-electron chi connectivity index (χ3n) is 3.92. The number of nitrogens with one attached hydrogen (secondary N) is 1. The average Bonchev–Trinajstić information content (AvgIpc) is 2.38. The Labute approximate surface area is 115 Å². The number of rotatable bonds is 4. The van der Waals surface area contributed by atoms with Crippen LogP contribution in [-0.2, 0) is 0 Å². The molecule has 1 atom stereocenters. The monoisotopic (exact) mass is 266 g/mol. The van der Waals surface area contributed by atoms with Gasteiger partial charge in [0.25, 0.3) is 0 Å². The summed E-state index contributed by atoms with van der Waals surface area (Å²) in [5, 5.41) is 4.45. The lowest BCUT2D eigenvalue weighted by Gasteiger charge is -2.30. The molecule has 2 rings (SSSR count). The van der Waals surface area contributed by atoms with Crippen molar-refractivity contribution in [2.24, 2.45) is 5.92 Å². The maximum Gasteiger partial charge on any atom is 0.0406 e. The lowest BCUT2D eigenvalue weighted by Crippen LogP contribution is -2.35. The van der Waals surface area contributed by atoms with Crippen molar-refractivity contribution in [3.63, 3.8) is 0 Å². The van der Waals surface area contributed by atoms with Gasteiger partial charge in [0.15, 0.2) is 0 Å². The van der Waals surface area contributed by atoms with Gasteiger partial charge in [0, 0.05) is 11.1 Å². The van der Waals surface area contributed by atoms with E-state index in [1.165, 1.54) is 31.5 Å². The van der Waals surface area contributed by atoms with E-state index in [4.69, 9.17) is 11.6 Å². The first-order valence-electron chi connectivity index (χ1n) is 6.82. The summed E-state index contributed by atoms with van der Waals surface area (Å²) in [5.41, 5.74) is 1.31. The Morgan fingerprint density at radius 3 is 2.50 bits per heavy atom. The summed E-state index contributed by atoms with van der Waals surface area (Å²) in [5.74, 6) is 0.830. The van der Waals surface area contributed by atoms with Crippen molar-refractivity contribution in [2.75, 3.05) is 26.7 Å². The maximum absolute atomic E-state index is 5.90. The van der Waals surface area contributed by atoms with Gasteiger partial charge >= 0.3 is 0 Å². The van der Waals surface area contributed by atoms with Gasteiger partial charge in [-0.05, 0) is 70.1 Å². The van der Waals surface area contributed by atoms with E-state index >= 15 is 0 Å². The van der Waals surface area contributed by atoms with Gasteiger partial charge in [-0.25, -0.2) is 0 Å². The molecule has 0 amide bonds. The van der Waals surface area contributed by atoms with Crippen LogP contribution in [0, 0.1) is 5.92 Å². The standard InChI is InChI=1S/C15H23ClN2/c1-12(14-3-5-15(16)6-4-14)17-11-13-7-9-18(2)10-8-13/h3-6,12-13,17H,7-11H2,1-2H3/t12-/m0/s1. The zero-order valence-electron chi connectivity index (χ0n) is 11.3. The molecule has 0 aliphatic carbocycles. The first kappa shape index (κ1) is 13.9. The highest BCUT2D eigenvalue weighted by atomic mass is 35.5. The van der Waals surface area contributed by atoms with E-state index in [9.17, 15) is 0 Å². The Morgan fingerprint density at radius 2 is 1.89 bits per heavy atom. The van der Waals surface area contributed by atoms with Gasteiger partial charge in [-0.3, -0.25) is 0 Å². The normalized spacial score (nSPS) is 19.9. The van der Waals surface area contributed by atoms with Crippen LogP contribution in [0.5, 0.6) is 0 Å². The molecule has 0 saturated carbocycles. The molecule has 1 aliphatic rings. The second kappa shape index (κ2) is 6.55. The molecule has 2 nitrogen and oxygen atoms in total. The van der Waals surface area contributed by atoms with Crippen molar-refractivity contribution < 1.29 is 0 Å². The third kappa shape index (κ3) is 3.98. The minimum Gasteiger partial charge on any atom is -0.310 e. The van der Waals surface area contributed by atoms with Crippen molar-refractivity contribution in [1.82, 2.24) is 10.2 Å². The van der Waals surface area contributed by atoms with Gasteiger partial charge in [0.05, 0.1) is 0 Å². The summed E-state index contributed by atoms with van der Waals surface area (Å²) in [6.07, 6.45) is 2.63. The van der Waals surface area contributed by atoms with Crippen LogP contribution >= 0.6 is 11.6 Å². The van der Waals surface area contributed by atoms with Crippen molar-refractivity contribution >= 4 is 11.6 Å². The number of benzene rings is 1. The minimum absolute atomic E-state index is 0.405. The summed E-state index contributed by atoms with van der Waals surface area (Å²) in [4.78, 5) is 2.42. The Balaban J connectivity index is 1.77. The number of halogens is 1. The summed E-state index contributed by atoms with van der Waals surface area (Å²) in [7, 11) is 2.21. The summed E-state index contributed by atoms with van der Waals surface area (Å²) in [6, 6.07) is 8.54. The fourth-order valence-corrected chi connectivity index (χ4v) is 2.60. The van der Waals surface area contributed by atoms with Gasteiger partial charge < -0.3 is 10.2 Å². The van der Waals surface area contributed by atoms with E-state index in [2.05, 4.69) is 36.3 Å². The molecule has 1 aliphatic heterocycles. The predicted molar refractivity (Wildman–Crippen MR) is 78.1 cm³/mol. The second-order valence-electron chi connectivity index (χ2n) is 5.43. The fraction of sp³-hybridized carbons (Fsp3) is 0.600. The van der Waals surface area contributed by atoms with E-state index in [0.29, 0.717) is 6.04 Å². The Morgan fingerprint density at radius 1 is 1.28 bits per heavy atom. The van der Waals surface area contributed by atoms with Gasteiger partial charge in [0.1, 0.15) is 0 Å². The first-order chi connectivity index (χ1) is 8.65. The molecule has 0 aromatic heterocycles. The zero-order chi connectivity index (χ0) is 13.0. The minimum atomic E-state index is 0.405. The molecule has 0 bridgehead atoms. The molecule has 0 unspecified atom stereocenters. The van der Waals surface area contributed by atoms with Crippen LogP contribution in [0.25, 0.3) is 0 Å². The smallest absolute Gasteiger partial charge is 0.0406 e. The summed E-state index contributed by atoms with van der Waals surface area (Å²) in [6.45, 7) is 5.82. The fourth-order valence-electron chi connectivity index (χ4n) is 2.48. The van der Waals surface area contributed by atoms with E-state index in [1.807, 2.05) is 12.1 Å². The molecule has 1 heterocycles. The number of piperidine rings is 1. The van der Waals surface area contributed by atoms with Gasteiger partial charge in [-0.15, -0.1) is 0 Å². The van der Waals surface area contributed by atoms with E-state index in [-0.39, 0.29) is 0 Å². The van der Waals surface area contributed by atoms with Crippen LogP contribution in [0.4, 0.5) is 0 Å². The number of nitrogens with zero attached hydrogens (tertiary/aromatic N) is 1. The largest absolute Gasteiger partial charge is 0.310 e. The van der Waals surface area contributed by atoms with E-state index < -0.39 is 0 Å². The molecular formula is C15H23ClN2. The van der Waals surface area contributed by atoms with Crippen LogP contribution in [0.1, 0.15) is 31.4 Å². The van der Waals surface area contributed by atoms with Crippen molar-refractivity contribution in [2.45, 2.75) is 25.8 Å². The second-order valence-corrected chi connectivity index (χ2v) is 5.86. The van der Waals surface area contributed by atoms with Crippen molar-refractivity contribution in [3.8, 4) is 0 Å². The van der Waals surface area contributed by atoms with Crippen LogP contribution in [0.3, 0.4) is 0 Å². The lowest BCUT2D eigenvalue weighted by atomic mass is 9.96. The van der Waals surface area contributed by atoms with Crippen LogP contribution in [0.15, 0.2) is 24.3 Å². The molecule has 100 valence electrons. The number of hydrogen-bond acceptors (Lipinski definition) is 2. The first-order valence-corrected chi connectivity index (χ1v) is 7.20. The van der Waals surface area contributed by atoms with Crippen LogP contribution in [0.2, 0.25) is 5.02 Å². The lowest BCUT2D eigenvalue weighted by molar-refractivity contribution is 0.213. The molecule has 1 N–H and O–H groups in total. The highest BCUT2D eigenvalue weighted by Crippen LogP contribution is 2.19. The van der Waals surface area contributed by atoms with Crippen LogP contribution in [-0.4, -0.2) is 31.6 Å². The van der Waals surface area contributed by atoms with Gasteiger partial charge in [-0.2, -0.15) is 0 Å². The Hall–Kier alpha value is -0.570. The van der Waals surface area contributed by atoms with E-state index in [0.717, 1.165) is 17.5 Å². The molecule has 1 aromatic rings. The molecule has 0 spiro atoms. The molecule has 1 saturated heterocycles. The number of hydrogen-bond donors (Lipinski definition) is 1. The Bertz CT molecular complexity index is 355. The maximum atomic E-state index is 5.90. The number of likely N-dealkylation sites (tertiary alicyclic amines) is 1. The molecular weight excluding hydrogens is 244 g/mol. The highest BCUT2D eigenvalue weighted by molar-refractivity contribution is 6.30. The highest BCUT2D eigenvalue weighted by Gasteiger charge is 2.17. The quantitative estimate of drug-likeness (QED) is 0.899. The summed E-state index contributed by atoms with van der Waals surface area (Å²) >= 11 is 5.90.